The Kier molecular flexibility index (Phi) is 3.79. The molecule has 0 saturated heterocycles. The third-order valence-corrected chi connectivity index (χ3v) is 2.89. The summed E-state index contributed by atoms with van der Waals surface area (Å²) in [5, 5.41) is 13.2. The molecule has 104 valence electrons. The van der Waals surface area contributed by atoms with Gasteiger partial charge in [0.25, 0.3) is 11.6 Å². The van der Waals surface area contributed by atoms with E-state index in [0.29, 0.717) is 0 Å². The van der Waals surface area contributed by atoms with Gasteiger partial charge in [-0.3, -0.25) is 14.9 Å². The van der Waals surface area contributed by atoms with Crippen molar-refractivity contribution in [3.63, 3.8) is 0 Å². The number of benzene rings is 1. The summed E-state index contributed by atoms with van der Waals surface area (Å²) in [5.74, 6) is -1.48. The Hall–Kier alpha value is -2.70. The highest BCUT2D eigenvalue weighted by molar-refractivity contribution is 5.95. The predicted molar refractivity (Wildman–Crippen MR) is 69.6 cm³/mol. The van der Waals surface area contributed by atoms with E-state index in [1.54, 1.807) is 0 Å². The Morgan fingerprint density at radius 2 is 2.20 bits per heavy atom. The van der Waals surface area contributed by atoms with E-state index < -0.39 is 16.6 Å². The lowest BCUT2D eigenvalue weighted by Crippen LogP contribution is -2.24. The molecule has 0 bridgehead atoms. The fraction of sp³-hybridized carbons (Fsp3) is 0.154. The smallest absolute Gasteiger partial charge is 0.270 e. The second-order valence-electron chi connectivity index (χ2n) is 4.21. The molecule has 2 rings (SSSR count). The first-order chi connectivity index (χ1) is 9.49. The Morgan fingerprint density at radius 3 is 2.80 bits per heavy atom. The minimum Gasteiger partial charge on any atom is -0.353 e. The summed E-state index contributed by atoms with van der Waals surface area (Å²) in [4.78, 5) is 21.8. The molecule has 1 N–H and O–H groups in total. The molecule has 0 atom stereocenters. The molecule has 0 saturated carbocycles. The van der Waals surface area contributed by atoms with Crippen molar-refractivity contribution >= 4 is 11.6 Å². The zero-order valence-corrected chi connectivity index (χ0v) is 10.7. The molecule has 0 fully saturated rings. The summed E-state index contributed by atoms with van der Waals surface area (Å²) < 4.78 is 15.3. The third-order valence-electron chi connectivity index (χ3n) is 2.89. The number of amides is 1. The minimum atomic E-state index is -0.792. The molecule has 6 nitrogen and oxygen atoms in total. The van der Waals surface area contributed by atoms with Gasteiger partial charge in [-0.05, 0) is 18.2 Å². The van der Waals surface area contributed by atoms with Gasteiger partial charge in [0, 0.05) is 31.1 Å². The SMILES string of the molecule is Cn1cccc1CNC(=O)c1cc([N+](=O)[O-])ccc1F. The Labute approximate surface area is 114 Å². The maximum atomic E-state index is 13.5. The monoisotopic (exact) mass is 277 g/mol. The van der Waals surface area contributed by atoms with Gasteiger partial charge in [0.05, 0.1) is 17.0 Å². The maximum absolute atomic E-state index is 13.5. The van der Waals surface area contributed by atoms with E-state index >= 15 is 0 Å². The molecule has 0 aliphatic carbocycles. The van der Waals surface area contributed by atoms with E-state index in [1.165, 1.54) is 0 Å². The average molecular weight is 277 g/mol. The number of hydrogen-bond acceptors (Lipinski definition) is 3. The van der Waals surface area contributed by atoms with Gasteiger partial charge in [-0.15, -0.1) is 0 Å². The van der Waals surface area contributed by atoms with Crippen LogP contribution in [0.2, 0.25) is 0 Å². The molecule has 1 amide bonds. The largest absolute Gasteiger partial charge is 0.353 e. The van der Waals surface area contributed by atoms with Crippen molar-refractivity contribution in [2.24, 2.45) is 7.05 Å². The average Bonchev–Trinajstić information content (AvgIpc) is 2.81. The number of non-ortho nitro benzene ring substituents is 1. The number of rotatable bonds is 4. The van der Waals surface area contributed by atoms with Crippen LogP contribution in [0.5, 0.6) is 0 Å². The molecule has 1 heterocycles. The van der Waals surface area contributed by atoms with Crippen LogP contribution in [0, 0.1) is 15.9 Å². The normalized spacial score (nSPS) is 10.3. The Morgan fingerprint density at radius 1 is 1.45 bits per heavy atom. The summed E-state index contributed by atoms with van der Waals surface area (Å²) in [6, 6.07) is 6.48. The standard InChI is InChI=1S/C13H12FN3O3/c1-16-6-2-3-10(16)8-15-13(18)11-7-9(17(19)20)4-5-12(11)14/h2-7H,8H2,1H3,(H,15,18). The van der Waals surface area contributed by atoms with E-state index in [2.05, 4.69) is 5.32 Å². The lowest BCUT2D eigenvalue weighted by molar-refractivity contribution is -0.384. The first kappa shape index (κ1) is 13.7. The lowest BCUT2D eigenvalue weighted by atomic mass is 10.1. The Bertz CT molecular complexity index is 667. The molecule has 0 radical (unpaired) electrons. The quantitative estimate of drug-likeness (QED) is 0.686. The van der Waals surface area contributed by atoms with Gasteiger partial charge in [-0.25, -0.2) is 4.39 Å². The van der Waals surface area contributed by atoms with Crippen LogP contribution in [0.1, 0.15) is 16.1 Å². The topological polar surface area (TPSA) is 77.2 Å². The summed E-state index contributed by atoms with van der Waals surface area (Å²) in [6.45, 7) is 0.213. The molecule has 1 aromatic carbocycles. The zero-order valence-electron chi connectivity index (χ0n) is 10.7. The number of nitrogens with zero attached hydrogens (tertiary/aromatic N) is 2. The van der Waals surface area contributed by atoms with Crippen LogP contribution < -0.4 is 5.32 Å². The van der Waals surface area contributed by atoms with E-state index in [-0.39, 0.29) is 17.8 Å². The molecule has 20 heavy (non-hydrogen) atoms. The predicted octanol–water partition coefficient (Wildman–Crippen LogP) is 2.00. The number of nitro benzene ring substituents is 1. The molecule has 0 aliphatic rings. The van der Waals surface area contributed by atoms with E-state index in [4.69, 9.17) is 0 Å². The van der Waals surface area contributed by atoms with E-state index in [0.717, 1.165) is 23.9 Å². The van der Waals surface area contributed by atoms with Gasteiger partial charge in [0.2, 0.25) is 0 Å². The van der Waals surface area contributed by atoms with Crippen LogP contribution in [-0.4, -0.2) is 15.4 Å². The van der Waals surface area contributed by atoms with Crippen molar-refractivity contribution in [3.05, 3.63) is 63.7 Å². The molecule has 2 aromatic rings. The van der Waals surface area contributed by atoms with Crippen molar-refractivity contribution in [2.75, 3.05) is 0 Å². The van der Waals surface area contributed by atoms with E-state index in [1.807, 2.05) is 29.9 Å². The molecule has 0 spiro atoms. The summed E-state index contributed by atoms with van der Waals surface area (Å²) in [6.07, 6.45) is 1.81. The van der Waals surface area contributed by atoms with Crippen molar-refractivity contribution in [1.29, 1.82) is 0 Å². The van der Waals surface area contributed by atoms with Crippen molar-refractivity contribution in [3.8, 4) is 0 Å². The fourth-order valence-electron chi connectivity index (χ4n) is 1.75. The van der Waals surface area contributed by atoms with Gasteiger partial charge >= 0.3 is 0 Å². The van der Waals surface area contributed by atoms with Crippen LogP contribution in [-0.2, 0) is 13.6 Å². The number of nitrogens with one attached hydrogen (secondary N) is 1. The Balaban J connectivity index is 2.15. The second-order valence-corrected chi connectivity index (χ2v) is 4.21. The summed E-state index contributed by atoms with van der Waals surface area (Å²) >= 11 is 0. The number of aromatic nitrogens is 1. The molecule has 1 aromatic heterocycles. The molecule has 0 unspecified atom stereocenters. The third kappa shape index (κ3) is 2.82. The van der Waals surface area contributed by atoms with Crippen LogP contribution in [0.3, 0.4) is 0 Å². The number of carbonyl (C=O) groups excluding carboxylic acids is 1. The number of halogens is 1. The van der Waals surface area contributed by atoms with E-state index in [9.17, 15) is 19.3 Å². The second kappa shape index (κ2) is 5.52. The first-order valence-corrected chi connectivity index (χ1v) is 5.81. The highest BCUT2D eigenvalue weighted by Crippen LogP contribution is 2.16. The molecular formula is C13H12FN3O3. The van der Waals surface area contributed by atoms with Crippen LogP contribution in [0.4, 0.5) is 10.1 Å². The maximum Gasteiger partial charge on any atom is 0.270 e. The van der Waals surface area contributed by atoms with Crippen molar-refractivity contribution in [1.82, 2.24) is 9.88 Å². The lowest BCUT2D eigenvalue weighted by Gasteiger charge is -2.07. The number of nitro groups is 1. The first-order valence-electron chi connectivity index (χ1n) is 5.81. The molecule has 0 aliphatic heterocycles. The van der Waals surface area contributed by atoms with Crippen LogP contribution >= 0.6 is 0 Å². The van der Waals surface area contributed by atoms with Crippen molar-refractivity contribution in [2.45, 2.75) is 6.54 Å². The zero-order chi connectivity index (χ0) is 14.7. The number of carbonyl (C=O) groups is 1. The number of aryl methyl sites for hydroxylation is 1. The van der Waals surface area contributed by atoms with Gasteiger partial charge in [-0.2, -0.15) is 0 Å². The van der Waals surface area contributed by atoms with Gasteiger partial charge in [0.1, 0.15) is 5.82 Å². The molecular weight excluding hydrogens is 265 g/mol. The van der Waals surface area contributed by atoms with Gasteiger partial charge in [0.15, 0.2) is 0 Å². The number of hydrogen-bond donors (Lipinski definition) is 1. The fourth-order valence-corrected chi connectivity index (χ4v) is 1.75. The highest BCUT2D eigenvalue weighted by Gasteiger charge is 2.16. The van der Waals surface area contributed by atoms with Gasteiger partial charge < -0.3 is 9.88 Å². The van der Waals surface area contributed by atoms with Gasteiger partial charge in [-0.1, -0.05) is 0 Å². The van der Waals surface area contributed by atoms with Crippen LogP contribution in [0.25, 0.3) is 0 Å². The van der Waals surface area contributed by atoms with Crippen molar-refractivity contribution < 1.29 is 14.1 Å². The van der Waals surface area contributed by atoms with Crippen LogP contribution in [0.15, 0.2) is 36.5 Å². The molecule has 7 heteroatoms. The summed E-state index contributed by atoms with van der Waals surface area (Å²) in [7, 11) is 1.81. The minimum absolute atomic E-state index is 0.213. The summed E-state index contributed by atoms with van der Waals surface area (Å²) in [5.41, 5.74) is 0.174. The highest BCUT2D eigenvalue weighted by atomic mass is 19.1.